The summed E-state index contributed by atoms with van der Waals surface area (Å²) >= 11 is 11.4. The van der Waals surface area contributed by atoms with Gasteiger partial charge in [0.1, 0.15) is 4.90 Å². The van der Waals surface area contributed by atoms with Crippen LogP contribution in [0.5, 0.6) is 0 Å². The third-order valence-electron chi connectivity index (χ3n) is 1.82. The normalized spacial score (nSPS) is 12.6. The average molecular weight is 353 g/mol. The molecule has 0 unspecified atom stereocenters. The minimum Gasteiger partial charge on any atom is -0.212 e. The molecule has 0 heterocycles. The number of halogens is 3. The Bertz CT molecular complexity index is 642. The van der Waals surface area contributed by atoms with Crippen LogP contribution in [0.1, 0.15) is 0 Å². The number of hydrogen-bond acceptors (Lipinski definition) is 4. The molecule has 0 saturated carbocycles. The van der Waals surface area contributed by atoms with Gasteiger partial charge in [0, 0.05) is 22.2 Å². The first kappa shape index (κ1) is 16.0. The van der Waals surface area contributed by atoms with Gasteiger partial charge in [0.2, 0.25) is 19.1 Å². The molecule has 5 nitrogen and oxygen atoms in total. The molecular formula is C8H8Cl3NO4S2. The van der Waals surface area contributed by atoms with Crippen molar-refractivity contribution >= 4 is 53.0 Å². The van der Waals surface area contributed by atoms with Crippen LogP contribution in [-0.4, -0.2) is 29.1 Å². The van der Waals surface area contributed by atoms with Crippen LogP contribution in [-0.2, 0) is 19.1 Å². The summed E-state index contributed by atoms with van der Waals surface area (Å²) in [4.78, 5) is -0.219. The maximum absolute atomic E-state index is 11.8. The molecule has 18 heavy (non-hydrogen) atoms. The first-order chi connectivity index (χ1) is 8.12. The predicted molar refractivity (Wildman–Crippen MR) is 71.3 cm³/mol. The van der Waals surface area contributed by atoms with Crippen LogP contribution >= 0.6 is 33.9 Å². The zero-order valence-electron chi connectivity index (χ0n) is 8.73. The van der Waals surface area contributed by atoms with E-state index in [2.05, 4.69) is 4.72 Å². The molecule has 10 heteroatoms. The quantitative estimate of drug-likeness (QED) is 0.820. The molecule has 0 aliphatic carbocycles. The van der Waals surface area contributed by atoms with Gasteiger partial charge < -0.3 is 0 Å². The van der Waals surface area contributed by atoms with E-state index in [1.165, 1.54) is 18.2 Å². The monoisotopic (exact) mass is 351 g/mol. The predicted octanol–water partition coefficient (Wildman–Crippen LogP) is 1.84. The number of hydrogen-bond donors (Lipinski definition) is 1. The van der Waals surface area contributed by atoms with Crippen molar-refractivity contribution in [1.29, 1.82) is 0 Å². The SMILES string of the molecule is O=S(=O)(Cl)CCNS(=O)(=O)c1cc(Cl)ccc1Cl. The summed E-state index contributed by atoms with van der Waals surface area (Å²) in [7, 11) is -2.73. The van der Waals surface area contributed by atoms with Crippen LogP contribution < -0.4 is 4.72 Å². The molecule has 0 fully saturated rings. The number of sulfonamides is 1. The highest BCUT2D eigenvalue weighted by atomic mass is 35.7. The largest absolute Gasteiger partial charge is 0.242 e. The molecule has 1 N–H and O–H groups in total. The maximum Gasteiger partial charge on any atom is 0.242 e. The smallest absolute Gasteiger partial charge is 0.212 e. The van der Waals surface area contributed by atoms with E-state index in [1.807, 2.05) is 0 Å². The van der Waals surface area contributed by atoms with Crippen LogP contribution in [0.15, 0.2) is 23.1 Å². The fourth-order valence-corrected chi connectivity index (χ4v) is 3.56. The molecule has 102 valence electrons. The van der Waals surface area contributed by atoms with E-state index in [4.69, 9.17) is 33.9 Å². The van der Waals surface area contributed by atoms with Crippen LogP contribution in [0.25, 0.3) is 0 Å². The van der Waals surface area contributed by atoms with Crippen molar-refractivity contribution in [3.8, 4) is 0 Å². The molecule has 1 aromatic carbocycles. The van der Waals surface area contributed by atoms with E-state index in [0.29, 0.717) is 0 Å². The molecule has 0 aromatic heterocycles. The Morgan fingerprint density at radius 3 is 2.28 bits per heavy atom. The van der Waals surface area contributed by atoms with Crippen LogP contribution in [0.3, 0.4) is 0 Å². The average Bonchev–Trinajstić information content (AvgIpc) is 2.19. The molecule has 0 radical (unpaired) electrons. The van der Waals surface area contributed by atoms with Crippen molar-refractivity contribution in [3.05, 3.63) is 28.2 Å². The summed E-state index contributed by atoms with van der Waals surface area (Å²) in [6.07, 6.45) is 0. The van der Waals surface area contributed by atoms with Crippen molar-refractivity contribution in [2.75, 3.05) is 12.3 Å². The molecule has 0 bridgehead atoms. The third kappa shape index (κ3) is 4.91. The van der Waals surface area contributed by atoms with Gasteiger partial charge >= 0.3 is 0 Å². The summed E-state index contributed by atoms with van der Waals surface area (Å²) in [6.45, 7) is -0.350. The van der Waals surface area contributed by atoms with Crippen molar-refractivity contribution in [2.24, 2.45) is 0 Å². The highest BCUT2D eigenvalue weighted by Crippen LogP contribution is 2.24. The van der Waals surface area contributed by atoms with Crippen LogP contribution in [0.4, 0.5) is 0 Å². The Hall–Kier alpha value is -0.0500. The number of nitrogens with one attached hydrogen (secondary N) is 1. The molecular weight excluding hydrogens is 345 g/mol. The minimum atomic E-state index is -3.93. The zero-order valence-corrected chi connectivity index (χ0v) is 12.6. The number of benzene rings is 1. The molecule has 0 spiro atoms. The second kappa shape index (κ2) is 5.94. The lowest BCUT2D eigenvalue weighted by molar-refractivity contribution is 0.583. The van der Waals surface area contributed by atoms with Crippen molar-refractivity contribution in [1.82, 2.24) is 4.72 Å². The highest BCUT2D eigenvalue weighted by molar-refractivity contribution is 8.13. The summed E-state index contributed by atoms with van der Waals surface area (Å²) < 4.78 is 47.0. The molecule has 0 aliphatic rings. The lowest BCUT2D eigenvalue weighted by Crippen LogP contribution is -2.28. The Balaban J connectivity index is 2.90. The fourth-order valence-electron chi connectivity index (χ4n) is 1.06. The van der Waals surface area contributed by atoms with Gasteiger partial charge in [-0.05, 0) is 18.2 Å². The lowest BCUT2D eigenvalue weighted by Gasteiger charge is -2.07. The van der Waals surface area contributed by atoms with Crippen molar-refractivity contribution in [3.63, 3.8) is 0 Å². The van der Waals surface area contributed by atoms with Gasteiger partial charge in [0.25, 0.3) is 0 Å². The highest BCUT2D eigenvalue weighted by Gasteiger charge is 2.18. The van der Waals surface area contributed by atoms with E-state index in [9.17, 15) is 16.8 Å². The number of rotatable bonds is 5. The molecule has 0 aliphatic heterocycles. The Labute approximate surface area is 120 Å². The fraction of sp³-hybridized carbons (Fsp3) is 0.250. The summed E-state index contributed by atoms with van der Waals surface area (Å²) in [6, 6.07) is 3.93. The first-order valence-corrected chi connectivity index (χ1v) is 9.20. The van der Waals surface area contributed by atoms with Crippen molar-refractivity contribution < 1.29 is 16.8 Å². The van der Waals surface area contributed by atoms with E-state index in [1.54, 1.807) is 0 Å². The third-order valence-corrected chi connectivity index (χ3v) is 5.15. The van der Waals surface area contributed by atoms with Crippen molar-refractivity contribution in [2.45, 2.75) is 4.90 Å². The molecule has 0 atom stereocenters. The van der Waals surface area contributed by atoms with Gasteiger partial charge in [-0.15, -0.1) is 0 Å². The first-order valence-electron chi connectivity index (χ1n) is 4.49. The van der Waals surface area contributed by atoms with Gasteiger partial charge in [-0.2, -0.15) is 0 Å². The van der Waals surface area contributed by atoms with E-state index in [0.717, 1.165) is 0 Å². The van der Waals surface area contributed by atoms with E-state index in [-0.39, 0.29) is 21.5 Å². The lowest BCUT2D eigenvalue weighted by atomic mass is 10.4. The summed E-state index contributed by atoms with van der Waals surface area (Å²) in [5.41, 5.74) is 0. The minimum absolute atomic E-state index is 0.0133. The molecule has 1 aromatic rings. The van der Waals surface area contributed by atoms with Gasteiger partial charge in [-0.1, -0.05) is 23.2 Å². The van der Waals surface area contributed by atoms with Gasteiger partial charge in [0.15, 0.2) is 0 Å². The zero-order chi connectivity index (χ0) is 14.0. The summed E-state index contributed by atoms with van der Waals surface area (Å²) in [5.74, 6) is -0.522. The Morgan fingerprint density at radius 2 is 1.72 bits per heavy atom. The van der Waals surface area contributed by atoms with Gasteiger partial charge in [-0.25, -0.2) is 21.6 Å². The molecule has 0 amide bonds. The summed E-state index contributed by atoms with van der Waals surface area (Å²) in [5, 5.41) is 0.186. The molecule has 0 saturated heterocycles. The standard InChI is InChI=1S/C8H8Cl3NO4S2/c9-6-1-2-7(10)8(5-6)18(15,16)12-3-4-17(11,13)14/h1-2,5,12H,3-4H2. The molecule has 1 rings (SSSR count). The van der Waals surface area contributed by atoms with Crippen LogP contribution in [0, 0.1) is 0 Å². The van der Waals surface area contributed by atoms with E-state index >= 15 is 0 Å². The maximum atomic E-state index is 11.8. The van der Waals surface area contributed by atoms with E-state index < -0.39 is 24.8 Å². The van der Waals surface area contributed by atoms with Crippen LogP contribution in [0.2, 0.25) is 10.0 Å². The topological polar surface area (TPSA) is 80.3 Å². The van der Waals surface area contributed by atoms with Gasteiger partial charge in [0.05, 0.1) is 10.8 Å². The second-order valence-corrected chi connectivity index (χ2v) is 8.69. The van der Waals surface area contributed by atoms with Gasteiger partial charge in [-0.3, -0.25) is 0 Å². The Morgan fingerprint density at radius 1 is 1.11 bits per heavy atom. The second-order valence-electron chi connectivity index (χ2n) is 3.22. The Kier molecular flexibility index (Phi) is 5.28.